The minimum atomic E-state index is -1.18. The zero-order valence-corrected chi connectivity index (χ0v) is 8.53. The molecule has 0 saturated heterocycles. The molecule has 0 fully saturated rings. The second-order valence-electron chi connectivity index (χ2n) is 3.85. The molecule has 0 aliphatic heterocycles. The maximum atomic E-state index is 11.2. The van der Waals surface area contributed by atoms with E-state index in [2.05, 4.69) is 0 Å². The van der Waals surface area contributed by atoms with Gasteiger partial charge in [-0.05, 0) is 20.8 Å². The van der Waals surface area contributed by atoms with E-state index >= 15 is 0 Å². The Morgan fingerprint density at radius 2 is 2.00 bits per heavy atom. The maximum Gasteiger partial charge on any atom is 0.322 e. The van der Waals surface area contributed by atoms with E-state index in [-0.39, 0.29) is 6.42 Å². The highest BCUT2D eigenvalue weighted by atomic mass is 16.6. The minimum absolute atomic E-state index is 0.289. The van der Waals surface area contributed by atoms with Gasteiger partial charge >= 0.3 is 11.9 Å². The highest BCUT2D eigenvalue weighted by molar-refractivity contribution is 5.81. The Morgan fingerprint density at radius 1 is 1.50 bits per heavy atom. The van der Waals surface area contributed by atoms with Crippen LogP contribution in [0.4, 0.5) is 0 Å². The molecule has 0 amide bonds. The number of carbonyl (C=O) groups is 2. The molecule has 1 unspecified atom stereocenters. The van der Waals surface area contributed by atoms with Crippen LogP contribution in [0.25, 0.3) is 0 Å². The molecule has 0 aromatic heterocycles. The van der Waals surface area contributed by atoms with E-state index < -0.39 is 23.6 Å². The van der Waals surface area contributed by atoms with Crippen LogP contribution in [0.2, 0.25) is 0 Å². The number of carboxylic acids is 1. The standard InChI is InChI=1S/C8H16N2O4/c1-8(2,3)14-6(11)4-5(10-9)7(12)13/h5,10H,4,9H2,1-3H3,(H,12,13). The molecule has 0 aliphatic carbocycles. The molecular weight excluding hydrogens is 188 g/mol. The normalized spacial score (nSPS) is 13.4. The van der Waals surface area contributed by atoms with Crippen molar-refractivity contribution in [1.29, 1.82) is 0 Å². The van der Waals surface area contributed by atoms with Gasteiger partial charge < -0.3 is 9.84 Å². The van der Waals surface area contributed by atoms with Crippen molar-refractivity contribution in [2.75, 3.05) is 0 Å². The molecule has 4 N–H and O–H groups in total. The maximum absolute atomic E-state index is 11.2. The van der Waals surface area contributed by atoms with Crippen LogP contribution in [0.15, 0.2) is 0 Å². The monoisotopic (exact) mass is 204 g/mol. The van der Waals surface area contributed by atoms with Crippen LogP contribution in [0, 0.1) is 0 Å². The fourth-order valence-electron chi connectivity index (χ4n) is 0.767. The molecule has 0 aromatic rings. The summed E-state index contributed by atoms with van der Waals surface area (Å²) in [6, 6.07) is -1.11. The van der Waals surface area contributed by atoms with E-state index in [9.17, 15) is 9.59 Å². The molecule has 6 heteroatoms. The van der Waals surface area contributed by atoms with Gasteiger partial charge in [0.25, 0.3) is 0 Å². The first-order chi connectivity index (χ1) is 6.26. The second kappa shape index (κ2) is 4.92. The molecule has 0 heterocycles. The number of carboxylic acid groups (broad SMARTS) is 1. The van der Waals surface area contributed by atoms with E-state index in [0.717, 1.165) is 0 Å². The third-order valence-electron chi connectivity index (χ3n) is 1.29. The van der Waals surface area contributed by atoms with Crippen molar-refractivity contribution in [3.8, 4) is 0 Å². The lowest BCUT2D eigenvalue weighted by molar-refractivity contribution is -0.158. The summed E-state index contributed by atoms with van der Waals surface area (Å²) in [5.74, 6) is 3.17. The number of nitrogens with two attached hydrogens (primary N) is 1. The number of hydrazine groups is 1. The van der Waals surface area contributed by atoms with E-state index in [0.29, 0.717) is 0 Å². The molecule has 14 heavy (non-hydrogen) atoms. The number of hydrogen-bond donors (Lipinski definition) is 3. The highest BCUT2D eigenvalue weighted by Gasteiger charge is 2.23. The number of hydrogen-bond acceptors (Lipinski definition) is 5. The molecule has 6 nitrogen and oxygen atoms in total. The lowest BCUT2D eigenvalue weighted by Gasteiger charge is -2.20. The van der Waals surface area contributed by atoms with Crippen molar-refractivity contribution < 1.29 is 19.4 Å². The van der Waals surface area contributed by atoms with Gasteiger partial charge in [0.2, 0.25) is 0 Å². The molecule has 0 rings (SSSR count). The van der Waals surface area contributed by atoms with Crippen LogP contribution < -0.4 is 11.3 Å². The summed E-state index contributed by atoms with van der Waals surface area (Å²) >= 11 is 0. The Labute approximate surface area is 82.4 Å². The zero-order valence-electron chi connectivity index (χ0n) is 8.53. The second-order valence-corrected chi connectivity index (χ2v) is 3.85. The van der Waals surface area contributed by atoms with E-state index in [1.807, 2.05) is 5.43 Å². The third-order valence-corrected chi connectivity index (χ3v) is 1.29. The first kappa shape index (κ1) is 12.9. The largest absolute Gasteiger partial charge is 0.480 e. The Bertz CT molecular complexity index is 222. The summed E-state index contributed by atoms with van der Waals surface area (Å²) in [4.78, 5) is 21.6. The van der Waals surface area contributed by atoms with Crippen LogP contribution >= 0.6 is 0 Å². The summed E-state index contributed by atoms with van der Waals surface area (Å²) in [5, 5.41) is 8.57. The van der Waals surface area contributed by atoms with Gasteiger partial charge in [-0.25, -0.2) is 5.43 Å². The first-order valence-corrected chi connectivity index (χ1v) is 4.17. The van der Waals surface area contributed by atoms with Gasteiger partial charge in [-0.2, -0.15) is 0 Å². The molecule has 1 atom stereocenters. The fourth-order valence-corrected chi connectivity index (χ4v) is 0.767. The van der Waals surface area contributed by atoms with Crippen molar-refractivity contribution in [1.82, 2.24) is 5.43 Å². The number of ether oxygens (including phenoxy) is 1. The van der Waals surface area contributed by atoms with Gasteiger partial charge in [0.05, 0.1) is 6.42 Å². The Morgan fingerprint density at radius 3 is 2.29 bits per heavy atom. The SMILES string of the molecule is CC(C)(C)OC(=O)CC(NN)C(=O)O. The summed E-state index contributed by atoms with van der Waals surface area (Å²) in [7, 11) is 0. The number of esters is 1. The lowest BCUT2D eigenvalue weighted by atomic mass is 10.2. The predicted octanol–water partition coefficient (Wildman–Crippen LogP) is -0.365. The first-order valence-electron chi connectivity index (χ1n) is 4.17. The Hall–Kier alpha value is -1.14. The van der Waals surface area contributed by atoms with Gasteiger partial charge in [-0.1, -0.05) is 0 Å². The molecule has 82 valence electrons. The summed E-state index contributed by atoms with van der Waals surface area (Å²) < 4.78 is 4.92. The quantitative estimate of drug-likeness (QED) is 0.328. The third kappa shape index (κ3) is 5.50. The van der Waals surface area contributed by atoms with Crippen LogP contribution in [0.1, 0.15) is 27.2 Å². The molecule has 0 aromatic carbocycles. The summed E-state index contributed by atoms with van der Waals surface area (Å²) in [5.41, 5.74) is 1.40. The molecule has 0 saturated carbocycles. The van der Waals surface area contributed by atoms with Crippen molar-refractivity contribution in [2.45, 2.75) is 38.8 Å². The fraction of sp³-hybridized carbons (Fsp3) is 0.750. The van der Waals surface area contributed by atoms with Crippen molar-refractivity contribution in [3.05, 3.63) is 0 Å². The molecule has 0 radical (unpaired) electrons. The lowest BCUT2D eigenvalue weighted by Crippen LogP contribution is -2.43. The van der Waals surface area contributed by atoms with E-state index in [1.54, 1.807) is 20.8 Å². The predicted molar refractivity (Wildman–Crippen MR) is 49.2 cm³/mol. The number of nitrogens with one attached hydrogen (secondary N) is 1. The van der Waals surface area contributed by atoms with Crippen molar-refractivity contribution in [2.24, 2.45) is 5.84 Å². The van der Waals surface area contributed by atoms with Gasteiger partial charge in [-0.3, -0.25) is 15.4 Å². The highest BCUT2D eigenvalue weighted by Crippen LogP contribution is 2.09. The van der Waals surface area contributed by atoms with Crippen LogP contribution in [-0.2, 0) is 14.3 Å². The smallest absolute Gasteiger partial charge is 0.322 e. The Kier molecular flexibility index (Phi) is 4.52. The van der Waals surface area contributed by atoms with Crippen LogP contribution in [-0.4, -0.2) is 28.7 Å². The van der Waals surface area contributed by atoms with Crippen LogP contribution in [0.5, 0.6) is 0 Å². The topological polar surface area (TPSA) is 102 Å². The van der Waals surface area contributed by atoms with Gasteiger partial charge in [0.1, 0.15) is 11.6 Å². The number of aliphatic carboxylic acids is 1. The summed E-state index contributed by atoms with van der Waals surface area (Å²) in [6.07, 6.45) is -0.289. The van der Waals surface area contributed by atoms with Crippen LogP contribution in [0.3, 0.4) is 0 Å². The number of carbonyl (C=O) groups excluding carboxylic acids is 1. The molecule has 0 bridgehead atoms. The van der Waals surface area contributed by atoms with Gasteiger partial charge in [-0.15, -0.1) is 0 Å². The van der Waals surface area contributed by atoms with Crippen molar-refractivity contribution in [3.63, 3.8) is 0 Å². The van der Waals surface area contributed by atoms with Gasteiger partial charge in [0, 0.05) is 0 Å². The van der Waals surface area contributed by atoms with Gasteiger partial charge in [0.15, 0.2) is 0 Å². The Balaban J connectivity index is 4.11. The molecule has 0 aliphatic rings. The summed E-state index contributed by atoms with van der Waals surface area (Å²) in [6.45, 7) is 5.11. The average molecular weight is 204 g/mol. The molecular formula is C8H16N2O4. The van der Waals surface area contributed by atoms with Crippen molar-refractivity contribution >= 4 is 11.9 Å². The minimum Gasteiger partial charge on any atom is -0.480 e. The zero-order chi connectivity index (χ0) is 11.4. The number of rotatable bonds is 4. The van der Waals surface area contributed by atoms with E-state index in [4.69, 9.17) is 15.7 Å². The molecule has 0 spiro atoms. The van der Waals surface area contributed by atoms with E-state index in [1.165, 1.54) is 0 Å². The average Bonchev–Trinajstić information content (AvgIpc) is 1.96.